The second-order valence-corrected chi connectivity index (χ2v) is 15.7. The van der Waals surface area contributed by atoms with Gasteiger partial charge >= 0.3 is 5.97 Å². The second-order valence-electron chi connectivity index (χ2n) is 15.7. The van der Waals surface area contributed by atoms with Gasteiger partial charge in [-0.15, -0.1) is 11.7 Å². The first-order chi connectivity index (χ1) is 27.1. The molecule has 3 aliphatic rings. The Bertz CT molecular complexity index is 1870. The highest BCUT2D eigenvalue weighted by atomic mass is 16.7. The zero-order valence-corrected chi connectivity index (χ0v) is 32.8. The lowest BCUT2D eigenvalue weighted by Gasteiger charge is -2.58. The maximum absolute atomic E-state index is 13.8. The van der Waals surface area contributed by atoms with E-state index < -0.39 is 29.3 Å². The molecule has 1 fully saturated rings. The van der Waals surface area contributed by atoms with Crippen molar-refractivity contribution < 1.29 is 38.8 Å². The molecule has 2 heterocycles. The molecule has 0 spiro atoms. The molecular formula is C44H56N4O8. The van der Waals surface area contributed by atoms with E-state index in [2.05, 4.69) is 35.6 Å². The average molecular weight is 769 g/mol. The van der Waals surface area contributed by atoms with Gasteiger partial charge in [-0.25, -0.2) is 9.48 Å². The number of aliphatic hydroxyl groups excluding tert-OH is 2. The lowest BCUT2D eigenvalue weighted by molar-refractivity contribution is -0.252. The standard InChI is InChI=1S/C44H56N4O8/c1-6-23-52-32-19-20-38-35(26-32)40-33(18-12-14-22-50)31(17-11-13-21-49)25-34-36(46-54-29-30-15-9-8-10-16-30)27-39(44(55-38,41(34)40)53-24-7-2)48-37(28-45-47-48)42(51)56-43(3,4)5/h6-10,15-16,19-20,25-26,28,31,33,39-41,49-50H,1-2,11-14,17-18,21-24,27,29H2,3-5H3. The predicted molar refractivity (Wildman–Crippen MR) is 212 cm³/mol. The number of nitrogens with zero attached hydrogens (tertiary/aromatic N) is 4. The van der Waals surface area contributed by atoms with Gasteiger partial charge in [0.25, 0.3) is 0 Å². The molecule has 6 unspecified atom stereocenters. The minimum Gasteiger partial charge on any atom is -0.490 e. The third-order valence-corrected chi connectivity index (χ3v) is 10.7. The molecule has 2 aliphatic carbocycles. The van der Waals surface area contributed by atoms with Crippen molar-refractivity contribution in [3.8, 4) is 11.5 Å². The molecule has 0 amide bonds. The Hall–Kier alpha value is -4.78. The summed E-state index contributed by atoms with van der Waals surface area (Å²) in [4.78, 5) is 20.0. The quantitative estimate of drug-likeness (QED) is 0.0544. The first-order valence-corrected chi connectivity index (χ1v) is 19.8. The van der Waals surface area contributed by atoms with Crippen molar-refractivity contribution in [3.63, 3.8) is 0 Å². The van der Waals surface area contributed by atoms with Gasteiger partial charge < -0.3 is 34.0 Å². The molecule has 2 aromatic carbocycles. The van der Waals surface area contributed by atoms with Gasteiger partial charge in [-0.2, -0.15) is 0 Å². The summed E-state index contributed by atoms with van der Waals surface area (Å²) in [5, 5.41) is 33.3. The molecule has 300 valence electrons. The van der Waals surface area contributed by atoms with Crippen LogP contribution in [0.5, 0.6) is 11.5 Å². The van der Waals surface area contributed by atoms with Crippen LogP contribution in [-0.4, -0.2) is 74.7 Å². The van der Waals surface area contributed by atoms with Gasteiger partial charge in [-0.1, -0.05) is 78.3 Å². The molecular weight excluding hydrogens is 713 g/mol. The smallest absolute Gasteiger partial charge is 0.358 e. The Morgan fingerprint density at radius 1 is 1.04 bits per heavy atom. The van der Waals surface area contributed by atoms with Crippen LogP contribution >= 0.6 is 0 Å². The summed E-state index contributed by atoms with van der Waals surface area (Å²) in [7, 11) is 0. The summed E-state index contributed by atoms with van der Waals surface area (Å²) in [6.45, 7) is 14.2. The highest BCUT2D eigenvalue weighted by Crippen LogP contribution is 2.63. The number of benzene rings is 2. The molecule has 12 nitrogen and oxygen atoms in total. The molecule has 6 atom stereocenters. The molecule has 0 radical (unpaired) electrons. The van der Waals surface area contributed by atoms with E-state index in [1.807, 2.05) is 63.2 Å². The van der Waals surface area contributed by atoms with Crippen LogP contribution in [0.3, 0.4) is 0 Å². The monoisotopic (exact) mass is 768 g/mol. The second kappa shape index (κ2) is 18.4. The SMILES string of the molecule is C=CCOc1ccc2c(c1)C1C(CCCCO)C(CCCCO)C=C3C(=NOCc4ccccc4)CC(n4nncc4C(=O)OC(C)(C)C)C(OCC=C)(O2)C31. The van der Waals surface area contributed by atoms with Crippen LogP contribution in [0, 0.1) is 17.8 Å². The molecule has 1 aromatic heterocycles. The number of rotatable bonds is 19. The molecule has 3 aromatic rings. The van der Waals surface area contributed by atoms with E-state index >= 15 is 0 Å². The van der Waals surface area contributed by atoms with Crippen LogP contribution < -0.4 is 9.47 Å². The molecule has 1 aliphatic heterocycles. The fraction of sp³-hybridized carbons (Fsp3) is 0.500. The normalized spacial score (nSPS) is 24.6. The number of carbonyl (C=O) groups excluding carboxylic acids is 1. The van der Waals surface area contributed by atoms with Crippen molar-refractivity contribution in [3.05, 3.63) is 109 Å². The summed E-state index contributed by atoms with van der Waals surface area (Å²) < 4.78 is 27.7. The van der Waals surface area contributed by atoms with Gasteiger partial charge in [0, 0.05) is 31.1 Å². The van der Waals surface area contributed by atoms with E-state index in [0.29, 0.717) is 36.7 Å². The Balaban J connectivity index is 1.59. The Morgan fingerprint density at radius 3 is 2.50 bits per heavy atom. The van der Waals surface area contributed by atoms with Crippen LogP contribution in [0.4, 0.5) is 0 Å². The van der Waals surface area contributed by atoms with Crippen molar-refractivity contribution >= 4 is 11.7 Å². The molecule has 1 saturated carbocycles. The van der Waals surface area contributed by atoms with E-state index in [1.165, 1.54) is 6.20 Å². The van der Waals surface area contributed by atoms with E-state index in [9.17, 15) is 15.0 Å². The molecule has 0 bridgehead atoms. The van der Waals surface area contributed by atoms with Crippen molar-refractivity contribution in [2.24, 2.45) is 22.9 Å². The molecule has 56 heavy (non-hydrogen) atoms. The zero-order chi connectivity index (χ0) is 39.7. The van der Waals surface area contributed by atoms with Gasteiger partial charge in [0.1, 0.15) is 36.4 Å². The van der Waals surface area contributed by atoms with Crippen LogP contribution in [0.1, 0.15) is 99.3 Å². The highest BCUT2D eigenvalue weighted by Gasteiger charge is 2.65. The zero-order valence-electron chi connectivity index (χ0n) is 32.8. The largest absolute Gasteiger partial charge is 0.490 e. The van der Waals surface area contributed by atoms with Gasteiger partial charge in [-0.3, -0.25) is 0 Å². The third kappa shape index (κ3) is 8.93. The number of allylic oxidation sites excluding steroid dienone is 1. The van der Waals surface area contributed by atoms with Gasteiger partial charge in [0.2, 0.25) is 5.79 Å². The summed E-state index contributed by atoms with van der Waals surface area (Å²) >= 11 is 0. The first kappa shape index (κ1) is 40.9. The number of hydrogen-bond acceptors (Lipinski definition) is 11. The topological polar surface area (TPSA) is 147 Å². The summed E-state index contributed by atoms with van der Waals surface area (Å²) in [5.74, 6) is -1.17. The number of oxime groups is 1. The number of hydrogen-bond donors (Lipinski definition) is 2. The number of aliphatic hydroxyl groups is 2. The molecule has 6 rings (SSSR count). The number of esters is 1. The first-order valence-electron chi connectivity index (χ1n) is 19.8. The van der Waals surface area contributed by atoms with E-state index in [-0.39, 0.29) is 56.3 Å². The Kier molecular flexibility index (Phi) is 13.5. The summed E-state index contributed by atoms with van der Waals surface area (Å²) in [6, 6.07) is 15.0. The predicted octanol–water partition coefficient (Wildman–Crippen LogP) is 7.50. The number of aromatic nitrogens is 3. The highest BCUT2D eigenvalue weighted by molar-refractivity contribution is 6.02. The number of carbonyl (C=O) groups is 1. The van der Waals surface area contributed by atoms with Gasteiger partial charge in [-0.05, 0) is 87.6 Å². The number of ether oxygens (including phenoxy) is 4. The van der Waals surface area contributed by atoms with E-state index in [0.717, 1.165) is 42.4 Å². The van der Waals surface area contributed by atoms with Crippen molar-refractivity contribution in [1.82, 2.24) is 15.0 Å². The van der Waals surface area contributed by atoms with Crippen LogP contribution in [0.2, 0.25) is 0 Å². The van der Waals surface area contributed by atoms with Crippen LogP contribution in [0.25, 0.3) is 0 Å². The summed E-state index contributed by atoms with van der Waals surface area (Å²) in [6.07, 6.45) is 12.0. The maximum atomic E-state index is 13.8. The van der Waals surface area contributed by atoms with E-state index in [1.54, 1.807) is 16.8 Å². The van der Waals surface area contributed by atoms with Crippen molar-refractivity contribution in [2.75, 3.05) is 26.4 Å². The minimum absolute atomic E-state index is 0.0734. The number of fused-ring (bicyclic) bond motifs is 2. The van der Waals surface area contributed by atoms with Crippen molar-refractivity contribution in [2.45, 2.75) is 95.7 Å². The minimum atomic E-state index is -1.42. The number of unbranched alkanes of at least 4 members (excludes halogenated alkanes) is 2. The fourth-order valence-corrected chi connectivity index (χ4v) is 8.53. The lowest BCUT2D eigenvalue weighted by atomic mass is 9.55. The van der Waals surface area contributed by atoms with Crippen molar-refractivity contribution in [1.29, 1.82) is 0 Å². The van der Waals surface area contributed by atoms with Crippen LogP contribution in [-0.2, 0) is 20.9 Å². The third-order valence-electron chi connectivity index (χ3n) is 10.7. The Labute approximate surface area is 329 Å². The maximum Gasteiger partial charge on any atom is 0.358 e. The van der Waals surface area contributed by atoms with Gasteiger partial charge in [0.05, 0.1) is 24.4 Å². The lowest BCUT2D eigenvalue weighted by Crippen LogP contribution is -2.63. The average Bonchev–Trinajstić information content (AvgIpc) is 3.68. The molecule has 0 saturated heterocycles. The summed E-state index contributed by atoms with van der Waals surface area (Å²) in [5.41, 5.74) is 2.96. The van der Waals surface area contributed by atoms with Gasteiger partial charge in [0.15, 0.2) is 5.69 Å². The molecule has 12 heteroatoms. The van der Waals surface area contributed by atoms with Crippen LogP contribution in [0.15, 0.2) is 96.8 Å². The fourth-order valence-electron chi connectivity index (χ4n) is 8.53. The molecule has 2 N–H and O–H groups in total. The Morgan fingerprint density at radius 2 is 1.79 bits per heavy atom. The van der Waals surface area contributed by atoms with E-state index in [4.69, 9.17) is 28.9 Å².